The Morgan fingerprint density at radius 3 is 2.58 bits per heavy atom. The Labute approximate surface area is 144 Å². The predicted octanol–water partition coefficient (Wildman–Crippen LogP) is 3.06. The van der Waals surface area contributed by atoms with Crippen molar-refractivity contribution >= 4 is 33.8 Å². The summed E-state index contributed by atoms with van der Waals surface area (Å²) in [4.78, 5) is 15.8. The van der Waals surface area contributed by atoms with Gasteiger partial charge in [-0.2, -0.15) is 0 Å². The first-order valence-electron chi connectivity index (χ1n) is 7.68. The minimum absolute atomic E-state index is 0.297. The van der Waals surface area contributed by atoms with Gasteiger partial charge in [0.05, 0.1) is 5.69 Å². The van der Waals surface area contributed by atoms with Crippen molar-refractivity contribution < 1.29 is 14.3 Å². The number of nitrogens with zero attached hydrogens (tertiary/aromatic N) is 1. The van der Waals surface area contributed by atoms with Gasteiger partial charge in [0.1, 0.15) is 0 Å². The quantitative estimate of drug-likeness (QED) is 0.524. The molecular formula is C16H20N4O3S. The molecule has 1 aliphatic heterocycles. The second-order valence-electron chi connectivity index (χ2n) is 5.81. The number of carbonyl (C=O) groups excluding carboxylic acids is 1. The van der Waals surface area contributed by atoms with E-state index in [0.29, 0.717) is 13.0 Å². The molecule has 3 rings (SSSR count). The molecule has 0 bridgehead atoms. The van der Waals surface area contributed by atoms with Crippen LogP contribution in [0.2, 0.25) is 0 Å². The summed E-state index contributed by atoms with van der Waals surface area (Å²) in [7, 11) is 0. The Kier molecular flexibility index (Phi) is 4.86. The van der Waals surface area contributed by atoms with Crippen LogP contribution in [0.3, 0.4) is 0 Å². The van der Waals surface area contributed by atoms with Crippen LogP contribution in [0.1, 0.15) is 20.3 Å². The van der Waals surface area contributed by atoms with Crippen LogP contribution in [0, 0.1) is 0 Å². The van der Waals surface area contributed by atoms with Crippen LogP contribution in [0.4, 0.5) is 16.5 Å². The Balaban J connectivity index is 1.42. The molecule has 0 amide bonds. The zero-order valence-electron chi connectivity index (χ0n) is 13.5. The molecule has 24 heavy (non-hydrogen) atoms. The van der Waals surface area contributed by atoms with Crippen molar-refractivity contribution in [2.75, 3.05) is 22.7 Å². The first-order chi connectivity index (χ1) is 11.5. The second kappa shape index (κ2) is 7.06. The highest BCUT2D eigenvalue weighted by Crippen LogP contribution is 2.25. The van der Waals surface area contributed by atoms with E-state index < -0.39 is 11.9 Å². The van der Waals surface area contributed by atoms with Gasteiger partial charge in [-0.1, -0.05) is 0 Å². The van der Waals surface area contributed by atoms with E-state index in [1.54, 1.807) is 20.0 Å². The molecular weight excluding hydrogens is 328 g/mol. The smallest absolute Gasteiger partial charge is 0.337 e. The van der Waals surface area contributed by atoms with Crippen LogP contribution in [-0.4, -0.2) is 29.4 Å². The number of nitrogens with one attached hydrogen (secondary N) is 3. The van der Waals surface area contributed by atoms with E-state index in [1.807, 2.05) is 29.6 Å². The number of thiazole rings is 1. The lowest BCUT2D eigenvalue weighted by atomic mass is 10.2. The predicted molar refractivity (Wildman–Crippen MR) is 94.0 cm³/mol. The Hall–Kier alpha value is -2.32. The number of benzene rings is 1. The van der Waals surface area contributed by atoms with Crippen molar-refractivity contribution in [2.24, 2.45) is 0 Å². The zero-order valence-corrected chi connectivity index (χ0v) is 14.4. The van der Waals surface area contributed by atoms with Gasteiger partial charge >= 0.3 is 5.97 Å². The lowest BCUT2D eigenvalue weighted by Crippen LogP contribution is -2.23. The van der Waals surface area contributed by atoms with Gasteiger partial charge in [0, 0.05) is 44.1 Å². The molecule has 1 aromatic carbocycles. The fraction of sp³-hybridized carbons (Fsp3) is 0.375. The summed E-state index contributed by atoms with van der Waals surface area (Å²) in [6, 6.07) is 7.83. The van der Waals surface area contributed by atoms with Gasteiger partial charge in [0.2, 0.25) is 10.9 Å². The standard InChI is InChI=1S/C16H20N4O3S/c1-16(2)22-13(14(21)23-16)7-8-17-11-3-5-12(6-4-11)19-20-15-18-9-10-24-15/h3-6,9-10,13,17,19H,7-8H2,1-2H3,(H,18,20)/t13-/m1/s1. The molecule has 1 fully saturated rings. The van der Waals surface area contributed by atoms with Gasteiger partial charge in [-0.05, 0) is 24.3 Å². The van der Waals surface area contributed by atoms with Crippen molar-refractivity contribution in [1.82, 2.24) is 4.98 Å². The van der Waals surface area contributed by atoms with Crippen molar-refractivity contribution in [3.05, 3.63) is 35.8 Å². The molecule has 3 N–H and O–H groups in total. The third kappa shape index (κ3) is 4.36. The number of esters is 1. The summed E-state index contributed by atoms with van der Waals surface area (Å²) >= 11 is 1.52. The van der Waals surface area contributed by atoms with Gasteiger partial charge in [0.15, 0.2) is 6.10 Å². The molecule has 1 aliphatic rings. The topological polar surface area (TPSA) is 84.5 Å². The number of hydrogen-bond donors (Lipinski definition) is 3. The zero-order chi connectivity index (χ0) is 17.0. The van der Waals surface area contributed by atoms with E-state index in [2.05, 4.69) is 21.2 Å². The maximum atomic E-state index is 11.7. The number of ether oxygens (including phenoxy) is 2. The summed E-state index contributed by atoms with van der Waals surface area (Å²) < 4.78 is 10.7. The number of hydrogen-bond acceptors (Lipinski definition) is 8. The highest BCUT2D eigenvalue weighted by atomic mass is 32.1. The first kappa shape index (κ1) is 16.5. The van der Waals surface area contributed by atoms with Crippen LogP contribution >= 0.6 is 11.3 Å². The summed E-state index contributed by atoms with van der Waals surface area (Å²) in [5, 5.41) is 5.98. The number of aromatic nitrogens is 1. The highest BCUT2D eigenvalue weighted by Gasteiger charge is 2.40. The molecule has 0 spiro atoms. The summed E-state index contributed by atoms with van der Waals surface area (Å²) in [6.07, 6.45) is 1.80. The third-order valence-electron chi connectivity index (χ3n) is 3.40. The van der Waals surface area contributed by atoms with Gasteiger partial charge < -0.3 is 14.8 Å². The summed E-state index contributed by atoms with van der Waals surface area (Å²) in [5.74, 6) is -1.12. The number of carbonyl (C=O) groups is 1. The van der Waals surface area contributed by atoms with E-state index in [0.717, 1.165) is 16.5 Å². The van der Waals surface area contributed by atoms with Crippen LogP contribution in [0.15, 0.2) is 35.8 Å². The normalized spacial score (nSPS) is 18.9. The van der Waals surface area contributed by atoms with E-state index in [1.165, 1.54) is 11.3 Å². The Morgan fingerprint density at radius 2 is 1.96 bits per heavy atom. The molecule has 2 aromatic rings. The van der Waals surface area contributed by atoms with E-state index in [9.17, 15) is 4.79 Å². The Bertz CT molecular complexity index is 673. The molecule has 1 aromatic heterocycles. The van der Waals surface area contributed by atoms with Crippen LogP contribution in [0.25, 0.3) is 0 Å². The molecule has 8 heteroatoms. The fourth-order valence-corrected chi connectivity index (χ4v) is 2.81. The Morgan fingerprint density at radius 1 is 1.21 bits per heavy atom. The van der Waals surface area contributed by atoms with Crippen LogP contribution in [-0.2, 0) is 14.3 Å². The molecule has 1 saturated heterocycles. The number of cyclic esters (lactones) is 1. The van der Waals surface area contributed by atoms with Crippen molar-refractivity contribution in [3.63, 3.8) is 0 Å². The van der Waals surface area contributed by atoms with Crippen LogP contribution < -0.4 is 16.2 Å². The van der Waals surface area contributed by atoms with Crippen LogP contribution in [0.5, 0.6) is 0 Å². The monoisotopic (exact) mass is 348 g/mol. The van der Waals surface area contributed by atoms with Crippen molar-refractivity contribution in [3.8, 4) is 0 Å². The maximum Gasteiger partial charge on any atom is 0.337 e. The lowest BCUT2D eigenvalue weighted by Gasteiger charge is -2.15. The average molecular weight is 348 g/mol. The van der Waals surface area contributed by atoms with Crippen molar-refractivity contribution in [2.45, 2.75) is 32.2 Å². The van der Waals surface area contributed by atoms with Gasteiger partial charge in [-0.3, -0.25) is 10.9 Å². The fourth-order valence-electron chi connectivity index (χ4n) is 2.33. The van der Waals surface area contributed by atoms with E-state index in [-0.39, 0.29) is 5.97 Å². The molecule has 0 radical (unpaired) electrons. The number of anilines is 3. The van der Waals surface area contributed by atoms with E-state index >= 15 is 0 Å². The molecule has 0 aliphatic carbocycles. The lowest BCUT2D eigenvalue weighted by molar-refractivity contribution is -0.160. The van der Waals surface area contributed by atoms with Gasteiger partial charge in [-0.25, -0.2) is 9.78 Å². The molecule has 0 saturated carbocycles. The minimum atomic E-state index is -0.820. The largest absolute Gasteiger partial charge is 0.432 e. The van der Waals surface area contributed by atoms with Crippen molar-refractivity contribution in [1.29, 1.82) is 0 Å². The highest BCUT2D eigenvalue weighted by molar-refractivity contribution is 7.13. The SMILES string of the molecule is CC1(C)OC(=O)[C@@H](CCNc2ccc(NNc3nccs3)cc2)O1. The molecule has 1 atom stereocenters. The summed E-state index contributed by atoms with van der Waals surface area (Å²) in [6.45, 7) is 4.10. The maximum absolute atomic E-state index is 11.7. The molecule has 0 unspecified atom stereocenters. The molecule has 2 heterocycles. The number of hydrazine groups is 1. The van der Waals surface area contributed by atoms with Gasteiger partial charge in [-0.15, -0.1) is 11.3 Å². The minimum Gasteiger partial charge on any atom is -0.432 e. The summed E-state index contributed by atoms with van der Waals surface area (Å²) in [5.41, 5.74) is 8.00. The first-order valence-corrected chi connectivity index (χ1v) is 8.56. The third-order valence-corrected chi connectivity index (χ3v) is 4.09. The molecule has 7 nitrogen and oxygen atoms in total. The van der Waals surface area contributed by atoms with Gasteiger partial charge in [0.25, 0.3) is 0 Å². The molecule has 128 valence electrons. The number of rotatable bonds is 7. The average Bonchev–Trinajstić information content (AvgIpc) is 3.14. The van der Waals surface area contributed by atoms with E-state index in [4.69, 9.17) is 9.47 Å². The second-order valence-corrected chi connectivity index (χ2v) is 6.70.